The number of nitrogens with zero attached hydrogens (tertiary/aromatic N) is 4. The van der Waals surface area contributed by atoms with Crippen molar-refractivity contribution < 1.29 is 37.4 Å². The predicted octanol–water partition coefficient (Wildman–Crippen LogP) is 5.78. The molecule has 230 valence electrons. The molecule has 1 saturated heterocycles. The van der Waals surface area contributed by atoms with E-state index in [-0.39, 0.29) is 31.2 Å². The Morgan fingerprint density at radius 1 is 1.00 bits per heavy atom. The number of benzene rings is 3. The average molecular weight is 609 g/mol. The van der Waals surface area contributed by atoms with Crippen LogP contribution in [0.3, 0.4) is 0 Å². The minimum absolute atomic E-state index is 0.00685. The van der Waals surface area contributed by atoms with E-state index in [0.29, 0.717) is 48.5 Å². The summed E-state index contributed by atoms with van der Waals surface area (Å²) in [5.74, 6) is 0.161. The second-order valence-corrected chi connectivity index (χ2v) is 10.9. The van der Waals surface area contributed by atoms with Gasteiger partial charge < -0.3 is 29.4 Å². The maximum atomic E-state index is 13.2. The first-order valence-electron chi connectivity index (χ1n) is 14.4. The number of alkyl halides is 3. The topological polar surface area (TPSA) is 94.9 Å². The number of carbonyl (C=O) groups is 2. The van der Waals surface area contributed by atoms with Gasteiger partial charge in [0.2, 0.25) is 6.23 Å². The number of ether oxygens (including phenoxy) is 1. The van der Waals surface area contributed by atoms with Crippen LogP contribution in [0, 0.1) is 0 Å². The number of hydrogen-bond acceptors (Lipinski definition) is 7. The molecule has 3 heterocycles. The monoisotopic (exact) mass is 608 g/mol. The van der Waals surface area contributed by atoms with Crippen LogP contribution in [0.15, 0.2) is 78.0 Å². The van der Waals surface area contributed by atoms with Gasteiger partial charge in [0.05, 0.1) is 18.7 Å². The van der Waals surface area contributed by atoms with Crippen LogP contribution < -0.4 is 0 Å². The van der Waals surface area contributed by atoms with Crippen LogP contribution in [-0.2, 0) is 15.8 Å². The lowest BCUT2D eigenvalue weighted by molar-refractivity contribution is -0.137. The molecule has 3 aliphatic heterocycles. The summed E-state index contributed by atoms with van der Waals surface area (Å²) in [5.41, 5.74) is 2.38. The standard InChI is InChI=1S/C32H31F3N4O5/c1-2-43-31(42)37-17-15-24(16-18-37)39-27(19-38-28(40)25-5-3-4-6-26(25)29(38)41)36-44-30(39)22-9-7-20(8-10-22)21-11-13-23(14-12-21)32(33,34)35/h3-14,24,28,30,40H,2,15-19H2,1H3. The van der Waals surface area contributed by atoms with E-state index in [0.717, 1.165) is 23.3 Å². The smallest absolute Gasteiger partial charge is 0.416 e. The van der Waals surface area contributed by atoms with Gasteiger partial charge in [0.1, 0.15) is 0 Å². The van der Waals surface area contributed by atoms with Gasteiger partial charge in [-0.15, -0.1) is 0 Å². The number of aliphatic hydroxyl groups is 1. The Morgan fingerprint density at radius 2 is 1.64 bits per heavy atom. The molecule has 0 spiro atoms. The van der Waals surface area contributed by atoms with Crippen molar-refractivity contribution in [2.75, 3.05) is 26.2 Å². The molecule has 0 aromatic heterocycles. The largest absolute Gasteiger partial charge is 0.450 e. The van der Waals surface area contributed by atoms with Crippen LogP contribution in [0.4, 0.5) is 18.0 Å². The van der Waals surface area contributed by atoms with Gasteiger partial charge in [-0.05, 0) is 49.1 Å². The number of piperidine rings is 1. The molecule has 6 rings (SSSR count). The van der Waals surface area contributed by atoms with E-state index in [1.807, 2.05) is 29.2 Å². The zero-order valence-electron chi connectivity index (χ0n) is 23.9. The number of oxime groups is 1. The quantitative estimate of drug-likeness (QED) is 0.381. The molecule has 12 heteroatoms. The summed E-state index contributed by atoms with van der Waals surface area (Å²) in [5, 5.41) is 15.3. The average Bonchev–Trinajstić information content (AvgIpc) is 3.56. The molecule has 3 aromatic carbocycles. The molecular formula is C32H31F3N4O5. The molecule has 0 radical (unpaired) electrons. The van der Waals surface area contributed by atoms with Gasteiger partial charge in [-0.25, -0.2) is 4.79 Å². The first kappa shape index (κ1) is 29.5. The van der Waals surface area contributed by atoms with Gasteiger partial charge in [-0.1, -0.05) is 59.8 Å². The summed E-state index contributed by atoms with van der Waals surface area (Å²) in [6, 6.07) is 19.1. The fraction of sp³-hybridized carbons (Fsp3) is 0.344. The number of hydrogen-bond donors (Lipinski definition) is 1. The first-order chi connectivity index (χ1) is 21.2. The van der Waals surface area contributed by atoms with Crippen LogP contribution in [0.25, 0.3) is 11.1 Å². The molecule has 3 aromatic rings. The number of halogens is 3. The van der Waals surface area contributed by atoms with Crippen molar-refractivity contribution in [3.8, 4) is 11.1 Å². The Bertz CT molecular complexity index is 1550. The van der Waals surface area contributed by atoms with Gasteiger partial charge in [0.25, 0.3) is 5.91 Å². The fourth-order valence-electron chi connectivity index (χ4n) is 5.97. The Morgan fingerprint density at radius 3 is 2.25 bits per heavy atom. The summed E-state index contributed by atoms with van der Waals surface area (Å²) in [7, 11) is 0. The summed E-state index contributed by atoms with van der Waals surface area (Å²) < 4.78 is 44.2. The van der Waals surface area contributed by atoms with E-state index < -0.39 is 24.2 Å². The maximum absolute atomic E-state index is 13.2. The van der Waals surface area contributed by atoms with Crippen molar-refractivity contribution in [2.24, 2.45) is 5.16 Å². The lowest BCUT2D eigenvalue weighted by Gasteiger charge is -2.39. The second kappa shape index (κ2) is 11.8. The van der Waals surface area contributed by atoms with Crippen molar-refractivity contribution in [3.05, 3.63) is 95.1 Å². The normalized spacial score (nSPS) is 20.4. The molecule has 0 aliphatic carbocycles. The summed E-state index contributed by atoms with van der Waals surface area (Å²) in [6.45, 7) is 2.98. The van der Waals surface area contributed by atoms with Crippen LogP contribution in [-0.4, -0.2) is 69.9 Å². The summed E-state index contributed by atoms with van der Waals surface area (Å²) >= 11 is 0. The number of rotatable bonds is 6. The highest BCUT2D eigenvalue weighted by Gasteiger charge is 2.43. The highest BCUT2D eigenvalue weighted by molar-refractivity contribution is 6.01. The number of amides is 2. The third-order valence-corrected chi connectivity index (χ3v) is 8.27. The van der Waals surface area contributed by atoms with Gasteiger partial charge in [0, 0.05) is 35.8 Å². The molecule has 44 heavy (non-hydrogen) atoms. The zero-order chi connectivity index (χ0) is 31.0. The lowest BCUT2D eigenvalue weighted by atomic mass is 9.99. The van der Waals surface area contributed by atoms with Crippen molar-refractivity contribution in [1.82, 2.24) is 14.7 Å². The molecule has 3 aliphatic rings. The van der Waals surface area contributed by atoms with E-state index in [1.54, 1.807) is 36.1 Å². The highest BCUT2D eigenvalue weighted by Crippen LogP contribution is 2.38. The minimum atomic E-state index is -4.41. The zero-order valence-corrected chi connectivity index (χ0v) is 23.9. The van der Waals surface area contributed by atoms with E-state index in [4.69, 9.17) is 9.57 Å². The first-order valence-corrected chi connectivity index (χ1v) is 14.4. The molecule has 1 N–H and O–H groups in total. The minimum Gasteiger partial charge on any atom is -0.450 e. The summed E-state index contributed by atoms with van der Waals surface area (Å²) in [4.78, 5) is 36.5. The molecule has 2 atom stereocenters. The second-order valence-electron chi connectivity index (χ2n) is 10.9. The number of aliphatic hydroxyl groups excluding tert-OH is 1. The van der Waals surface area contributed by atoms with Gasteiger partial charge in [-0.2, -0.15) is 13.2 Å². The van der Waals surface area contributed by atoms with Crippen molar-refractivity contribution >= 4 is 17.8 Å². The van der Waals surface area contributed by atoms with Crippen molar-refractivity contribution in [3.63, 3.8) is 0 Å². The van der Waals surface area contributed by atoms with Crippen LogP contribution in [0.2, 0.25) is 0 Å². The third-order valence-electron chi connectivity index (χ3n) is 8.27. The Balaban J connectivity index is 1.24. The number of likely N-dealkylation sites (tertiary alicyclic amines) is 1. The Hall–Kier alpha value is -4.58. The molecule has 2 amide bonds. The maximum Gasteiger partial charge on any atom is 0.416 e. The van der Waals surface area contributed by atoms with Crippen molar-refractivity contribution in [1.29, 1.82) is 0 Å². The fourth-order valence-corrected chi connectivity index (χ4v) is 5.97. The Kier molecular flexibility index (Phi) is 7.93. The van der Waals surface area contributed by atoms with Crippen LogP contribution in [0.1, 0.15) is 59.3 Å². The number of carbonyl (C=O) groups excluding carboxylic acids is 2. The molecule has 0 bridgehead atoms. The van der Waals surface area contributed by atoms with Crippen molar-refractivity contribution in [2.45, 2.75) is 44.4 Å². The SMILES string of the molecule is CCOC(=O)N1CCC(N2C(CN3C(=O)c4ccccc4C3O)=NOC2c2ccc(-c3ccc(C(F)(F)F)cc3)cc2)CC1. The van der Waals surface area contributed by atoms with E-state index in [2.05, 4.69) is 5.16 Å². The van der Waals surface area contributed by atoms with Gasteiger partial charge in [0.15, 0.2) is 12.1 Å². The number of fused-ring (bicyclic) bond motifs is 1. The summed E-state index contributed by atoms with van der Waals surface area (Å²) in [6.07, 6.45) is -5.36. The molecule has 0 saturated carbocycles. The number of amidine groups is 1. The van der Waals surface area contributed by atoms with Crippen LogP contribution in [0.5, 0.6) is 0 Å². The molecule has 9 nitrogen and oxygen atoms in total. The lowest BCUT2D eigenvalue weighted by Crippen LogP contribution is -2.51. The van der Waals surface area contributed by atoms with Gasteiger partial charge >= 0.3 is 12.3 Å². The van der Waals surface area contributed by atoms with Gasteiger partial charge in [-0.3, -0.25) is 4.79 Å². The third kappa shape index (κ3) is 5.57. The Labute approximate surface area is 252 Å². The molecular weight excluding hydrogens is 577 g/mol. The predicted molar refractivity (Wildman–Crippen MR) is 154 cm³/mol. The van der Waals surface area contributed by atoms with E-state index >= 15 is 0 Å². The van der Waals surface area contributed by atoms with E-state index in [9.17, 15) is 27.9 Å². The van der Waals surface area contributed by atoms with Crippen LogP contribution >= 0.6 is 0 Å². The molecule has 2 unspecified atom stereocenters. The molecule has 1 fully saturated rings. The highest BCUT2D eigenvalue weighted by atomic mass is 19.4. The van der Waals surface area contributed by atoms with E-state index in [1.165, 1.54) is 17.0 Å².